The van der Waals surface area contributed by atoms with Gasteiger partial charge in [0.1, 0.15) is 5.75 Å². The molecule has 0 spiro atoms. The fraction of sp³-hybridized carbons (Fsp3) is 0.529. The number of unbranched alkanes of at least 4 members (excludes halogenated alkanes) is 2. The molecule has 0 aromatic heterocycles. The van der Waals surface area contributed by atoms with Crippen molar-refractivity contribution >= 4 is 12.9 Å². The summed E-state index contributed by atoms with van der Waals surface area (Å²) in [6.07, 6.45) is 3.64. The zero-order valence-corrected chi connectivity index (χ0v) is 14.7. The van der Waals surface area contributed by atoms with E-state index in [1.54, 1.807) is 7.11 Å². The molecule has 0 saturated carbocycles. The first kappa shape index (κ1) is 19.0. The molecule has 1 rings (SSSR count). The SMILES string of the molecule is C=C(c1ccc(OC)cc1)P(=O)(OCCCC)OCCCC. The number of methoxy groups -OCH3 is 1. The third-order valence-electron chi connectivity index (χ3n) is 3.27. The molecule has 1 aromatic rings. The summed E-state index contributed by atoms with van der Waals surface area (Å²) >= 11 is 0. The minimum atomic E-state index is -3.35. The molecule has 22 heavy (non-hydrogen) atoms. The third-order valence-corrected chi connectivity index (χ3v) is 5.24. The summed E-state index contributed by atoms with van der Waals surface area (Å²) in [7, 11) is -1.74. The molecule has 0 atom stereocenters. The second-order valence-electron chi connectivity index (χ2n) is 5.05. The predicted molar refractivity (Wildman–Crippen MR) is 91.4 cm³/mol. The highest BCUT2D eigenvalue weighted by atomic mass is 31.2. The van der Waals surface area contributed by atoms with Crippen molar-refractivity contribution in [3.05, 3.63) is 36.4 Å². The smallest absolute Gasteiger partial charge is 0.361 e. The number of rotatable bonds is 11. The monoisotopic (exact) mass is 326 g/mol. The van der Waals surface area contributed by atoms with Crippen LogP contribution in [0, 0.1) is 0 Å². The molecule has 0 amide bonds. The summed E-state index contributed by atoms with van der Waals surface area (Å²) in [6, 6.07) is 7.26. The van der Waals surface area contributed by atoms with Crippen LogP contribution < -0.4 is 4.74 Å². The molecule has 0 N–H and O–H groups in total. The molecule has 0 aliphatic heterocycles. The molecular formula is C17H27O4P. The van der Waals surface area contributed by atoms with Crippen molar-refractivity contribution in [2.75, 3.05) is 20.3 Å². The van der Waals surface area contributed by atoms with Gasteiger partial charge in [0.25, 0.3) is 0 Å². The lowest BCUT2D eigenvalue weighted by atomic mass is 10.2. The van der Waals surface area contributed by atoms with Gasteiger partial charge in [-0.1, -0.05) is 45.4 Å². The average Bonchev–Trinajstić information content (AvgIpc) is 2.55. The summed E-state index contributed by atoms with van der Waals surface area (Å²) in [5.74, 6) is 0.741. The van der Waals surface area contributed by atoms with Gasteiger partial charge < -0.3 is 13.8 Å². The van der Waals surface area contributed by atoms with Crippen LogP contribution in [-0.4, -0.2) is 20.3 Å². The summed E-state index contributed by atoms with van der Waals surface area (Å²) < 4.78 is 29.4. The zero-order valence-electron chi connectivity index (χ0n) is 13.8. The molecule has 0 bridgehead atoms. The molecule has 0 aliphatic carbocycles. The summed E-state index contributed by atoms with van der Waals surface area (Å²) in [5, 5.41) is 0.405. The standard InChI is InChI=1S/C17H27O4P/c1-5-7-13-20-22(18,21-14-8-6-2)15(3)16-9-11-17(19-4)12-10-16/h9-12H,3,5-8,13-14H2,1-2,4H3. The van der Waals surface area contributed by atoms with Crippen LogP contribution in [0.15, 0.2) is 30.8 Å². The van der Waals surface area contributed by atoms with E-state index >= 15 is 0 Å². The van der Waals surface area contributed by atoms with Crippen LogP contribution in [0.1, 0.15) is 45.1 Å². The van der Waals surface area contributed by atoms with E-state index in [2.05, 4.69) is 20.4 Å². The summed E-state index contributed by atoms with van der Waals surface area (Å²) in [4.78, 5) is 0. The van der Waals surface area contributed by atoms with Crippen LogP contribution >= 0.6 is 7.60 Å². The molecule has 0 fully saturated rings. The maximum absolute atomic E-state index is 13.0. The van der Waals surface area contributed by atoms with Gasteiger partial charge in [0.15, 0.2) is 0 Å². The Balaban J connectivity index is 2.86. The first-order valence-corrected chi connectivity index (χ1v) is 9.34. The van der Waals surface area contributed by atoms with Gasteiger partial charge in [0.2, 0.25) is 0 Å². The zero-order chi connectivity index (χ0) is 16.4. The van der Waals surface area contributed by atoms with Crippen LogP contribution in [0.2, 0.25) is 0 Å². The van der Waals surface area contributed by atoms with Crippen molar-refractivity contribution in [1.29, 1.82) is 0 Å². The van der Waals surface area contributed by atoms with Gasteiger partial charge in [-0.25, -0.2) is 0 Å². The fourth-order valence-corrected chi connectivity index (χ4v) is 3.38. The van der Waals surface area contributed by atoms with Crippen LogP contribution in [0.25, 0.3) is 5.31 Å². The van der Waals surface area contributed by atoms with Crippen LogP contribution in [0.4, 0.5) is 0 Å². The van der Waals surface area contributed by atoms with Gasteiger partial charge in [-0.15, -0.1) is 0 Å². The maximum Gasteiger partial charge on any atom is 0.361 e. The van der Waals surface area contributed by atoms with Crippen molar-refractivity contribution in [3.8, 4) is 5.75 Å². The molecule has 5 heteroatoms. The van der Waals surface area contributed by atoms with E-state index in [4.69, 9.17) is 13.8 Å². The Hall–Kier alpha value is -1.09. The van der Waals surface area contributed by atoms with Crippen LogP contribution in [-0.2, 0) is 13.6 Å². The molecule has 0 heterocycles. The Kier molecular flexibility index (Phi) is 8.47. The number of hydrogen-bond donors (Lipinski definition) is 0. The highest BCUT2D eigenvalue weighted by molar-refractivity contribution is 7.65. The number of hydrogen-bond acceptors (Lipinski definition) is 4. The first-order valence-electron chi connectivity index (χ1n) is 7.80. The Bertz CT molecular complexity index is 482. The molecule has 124 valence electrons. The molecule has 0 unspecified atom stereocenters. The lowest BCUT2D eigenvalue weighted by molar-refractivity contribution is 0.209. The highest BCUT2D eigenvalue weighted by Gasteiger charge is 2.29. The fourth-order valence-electron chi connectivity index (χ4n) is 1.79. The number of ether oxygens (including phenoxy) is 1. The molecular weight excluding hydrogens is 299 g/mol. The second-order valence-corrected chi connectivity index (χ2v) is 7.10. The summed E-state index contributed by atoms with van der Waals surface area (Å²) in [5.41, 5.74) is 0.747. The Morgan fingerprint density at radius 3 is 1.95 bits per heavy atom. The summed E-state index contributed by atoms with van der Waals surface area (Å²) in [6.45, 7) is 8.90. The van der Waals surface area contributed by atoms with Crippen molar-refractivity contribution < 1.29 is 18.3 Å². The second kappa shape index (κ2) is 9.83. The van der Waals surface area contributed by atoms with E-state index < -0.39 is 7.60 Å². The van der Waals surface area contributed by atoms with Gasteiger partial charge in [-0.05, 0) is 30.5 Å². The van der Waals surface area contributed by atoms with Gasteiger partial charge in [-0.2, -0.15) is 0 Å². The third kappa shape index (κ3) is 5.60. The van der Waals surface area contributed by atoms with Crippen LogP contribution in [0.5, 0.6) is 5.75 Å². The van der Waals surface area contributed by atoms with E-state index in [9.17, 15) is 4.57 Å². The molecule has 0 aliphatic rings. The Morgan fingerprint density at radius 2 is 1.55 bits per heavy atom. The van der Waals surface area contributed by atoms with E-state index in [-0.39, 0.29) is 0 Å². The molecule has 0 saturated heterocycles. The van der Waals surface area contributed by atoms with Gasteiger partial charge in [0, 0.05) is 0 Å². The van der Waals surface area contributed by atoms with E-state index in [0.717, 1.165) is 37.0 Å². The highest BCUT2D eigenvalue weighted by Crippen LogP contribution is 2.59. The normalized spacial score (nSPS) is 11.4. The van der Waals surface area contributed by atoms with Gasteiger partial charge in [0.05, 0.1) is 25.6 Å². The lowest BCUT2D eigenvalue weighted by Gasteiger charge is -2.21. The van der Waals surface area contributed by atoms with Gasteiger partial charge >= 0.3 is 7.60 Å². The van der Waals surface area contributed by atoms with Gasteiger partial charge in [-0.3, -0.25) is 4.57 Å². The Labute approximate surface area is 134 Å². The van der Waals surface area contributed by atoms with Crippen molar-refractivity contribution in [2.45, 2.75) is 39.5 Å². The van der Waals surface area contributed by atoms with Crippen molar-refractivity contribution in [3.63, 3.8) is 0 Å². The minimum Gasteiger partial charge on any atom is -0.497 e. The van der Waals surface area contributed by atoms with Crippen LogP contribution in [0.3, 0.4) is 0 Å². The first-order chi connectivity index (χ1) is 10.6. The topological polar surface area (TPSA) is 44.8 Å². The number of benzene rings is 1. The molecule has 0 radical (unpaired) electrons. The predicted octanol–water partition coefficient (Wildman–Crippen LogP) is 5.49. The quantitative estimate of drug-likeness (QED) is 0.398. The maximum atomic E-state index is 13.0. The van der Waals surface area contributed by atoms with Crippen molar-refractivity contribution in [2.24, 2.45) is 0 Å². The molecule has 1 aromatic carbocycles. The van der Waals surface area contributed by atoms with E-state index in [1.807, 2.05) is 24.3 Å². The molecule has 4 nitrogen and oxygen atoms in total. The van der Waals surface area contributed by atoms with E-state index in [0.29, 0.717) is 18.5 Å². The van der Waals surface area contributed by atoms with E-state index in [1.165, 1.54) is 0 Å². The Morgan fingerprint density at radius 1 is 1.05 bits per heavy atom. The van der Waals surface area contributed by atoms with Crippen molar-refractivity contribution in [1.82, 2.24) is 0 Å². The largest absolute Gasteiger partial charge is 0.497 e. The average molecular weight is 326 g/mol. The minimum absolute atomic E-state index is 0.405. The lowest BCUT2D eigenvalue weighted by Crippen LogP contribution is -2.01.